The first-order valence-corrected chi connectivity index (χ1v) is 8.42. The summed E-state index contributed by atoms with van der Waals surface area (Å²) in [6, 6.07) is 8.71. The molecule has 1 N–H and O–H groups in total. The van der Waals surface area contributed by atoms with Crippen molar-refractivity contribution >= 4 is 11.7 Å². The van der Waals surface area contributed by atoms with Gasteiger partial charge in [-0.2, -0.15) is 0 Å². The number of hydrogen-bond acceptors (Lipinski definition) is 1. The summed E-state index contributed by atoms with van der Waals surface area (Å²) in [6.45, 7) is 5.18. The number of para-hydroxylation sites is 1. The second-order valence-corrected chi connectivity index (χ2v) is 5.96. The Labute approximate surface area is 128 Å². The monoisotopic (exact) mass is 288 g/mol. The van der Waals surface area contributed by atoms with Crippen molar-refractivity contribution in [1.82, 2.24) is 5.32 Å². The van der Waals surface area contributed by atoms with Crippen molar-refractivity contribution in [2.24, 2.45) is 0 Å². The van der Waals surface area contributed by atoms with Crippen molar-refractivity contribution < 1.29 is 4.79 Å². The van der Waals surface area contributed by atoms with Crippen LogP contribution < -0.4 is 10.2 Å². The Balaban J connectivity index is 2.10. The number of fused-ring (bicyclic) bond motifs is 1. The van der Waals surface area contributed by atoms with Gasteiger partial charge in [0.2, 0.25) is 0 Å². The lowest BCUT2D eigenvalue weighted by Gasteiger charge is -2.26. The molecule has 3 heteroatoms. The van der Waals surface area contributed by atoms with E-state index in [9.17, 15) is 4.79 Å². The highest BCUT2D eigenvalue weighted by Gasteiger charge is 2.22. The summed E-state index contributed by atoms with van der Waals surface area (Å²) < 4.78 is 0. The minimum Gasteiger partial charge on any atom is -0.335 e. The number of anilines is 1. The van der Waals surface area contributed by atoms with Crippen molar-refractivity contribution in [1.29, 1.82) is 0 Å². The van der Waals surface area contributed by atoms with Crippen molar-refractivity contribution in [3.8, 4) is 0 Å². The molecular formula is C18H28N2O. The van der Waals surface area contributed by atoms with Crippen LogP contribution in [0.4, 0.5) is 10.5 Å². The van der Waals surface area contributed by atoms with E-state index in [1.165, 1.54) is 5.56 Å². The molecule has 0 aromatic heterocycles. The normalized spacial score (nSPS) is 14.7. The molecule has 0 bridgehead atoms. The largest absolute Gasteiger partial charge is 0.335 e. The molecule has 1 aromatic rings. The van der Waals surface area contributed by atoms with Gasteiger partial charge in [0, 0.05) is 18.3 Å². The molecule has 0 aliphatic carbocycles. The van der Waals surface area contributed by atoms with Gasteiger partial charge in [-0.15, -0.1) is 0 Å². The minimum atomic E-state index is 0.0799. The number of nitrogens with zero attached hydrogens (tertiary/aromatic N) is 1. The van der Waals surface area contributed by atoms with Gasteiger partial charge in [-0.1, -0.05) is 44.9 Å². The number of aryl methyl sites for hydroxylation is 1. The Morgan fingerprint density at radius 3 is 2.62 bits per heavy atom. The van der Waals surface area contributed by atoms with E-state index in [1.807, 2.05) is 11.0 Å². The molecule has 3 nitrogen and oxygen atoms in total. The van der Waals surface area contributed by atoms with Gasteiger partial charge in [0.25, 0.3) is 0 Å². The van der Waals surface area contributed by atoms with Crippen molar-refractivity contribution in [3.63, 3.8) is 0 Å². The molecular weight excluding hydrogens is 260 g/mol. The molecule has 0 spiro atoms. The third-order valence-electron chi connectivity index (χ3n) is 4.21. The van der Waals surface area contributed by atoms with Crippen LogP contribution in [0.3, 0.4) is 0 Å². The molecule has 1 aliphatic rings. The standard InChI is InChI=1S/C18H28N2O/c1-3-9-16(10-4-2)19-18(21)20-14-8-7-12-15-11-5-6-13-17(15)20/h5-6,11,13,16H,3-4,7-10,12,14H2,1-2H3,(H,19,21). The van der Waals surface area contributed by atoms with Gasteiger partial charge in [-0.3, -0.25) is 4.90 Å². The number of nitrogens with one attached hydrogen (secondary N) is 1. The Morgan fingerprint density at radius 2 is 1.90 bits per heavy atom. The molecule has 0 saturated heterocycles. The molecule has 0 atom stereocenters. The highest BCUT2D eigenvalue weighted by molar-refractivity contribution is 5.93. The first-order valence-electron chi connectivity index (χ1n) is 8.42. The van der Waals surface area contributed by atoms with Crippen LogP contribution in [0.1, 0.15) is 57.9 Å². The van der Waals surface area contributed by atoms with E-state index in [0.29, 0.717) is 6.04 Å². The number of rotatable bonds is 5. The Morgan fingerprint density at radius 1 is 1.19 bits per heavy atom. The summed E-state index contributed by atoms with van der Waals surface area (Å²) in [5.74, 6) is 0. The average molecular weight is 288 g/mol. The lowest BCUT2D eigenvalue weighted by molar-refractivity contribution is 0.240. The summed E-state index contributed by atoms with van der Waals surface area (Å²) in [5.41, 5.74) is 2.40. The van der Waals surface area contributed by atoms with Gasteiger partial charge in [-0.05, 0) is 43.7 Å². The molecule has 0 radical (unpaired) electrons. The summed E-state index contributed by atoms with van der Waals surface area (Å²) in [7, 11) is 0. The zero-order valence-corrected chi connectivity index (χ0v) is 13.4. The molecule has 1 aromatic carbocycles. The molecule has 1 aliphatic heterocycles. The number of carbonyl (C=O) groups is 1. The maximum absolute atomic E-state index is 12.7. The van der Waals surface area contributed by atoms with Gasteiger partial charge in [-0.25, -0.2) is 4.79 Å². The first-order chi connectivity index (χ1) is 10.3. The lowest BCUT2D eigenvalue weighted by atomic mass is 10.1. The van der Waals surface area contributed by atoms with Crippen LogP contribution >= 0.6 is 0 Å². The van der Waals surface area contributed by atoms with E-state index in [4.69, 9.17) is 0 Å². The Hall–Kier alpha value is -1.51. The van der Waals surface area contributed by atoms with E-state index in [2.05, 4.69) is 37.4 Å². The SMILES string of the molecule is CCCC(CCC)NC(=O)N1CCCCc2ccccc21. The lowest BCUT2D eigenvalue weighted by Crippen LogP contribution is -2.45. The topological polar surface area (TPSA) is 32.3 Å². The van der Waals surface area contributed by atoms with Gasteiger partial charge in [0.15, 0.2) is 0 Å². The smallest absolute Gasteiger partial charge is 0.322 e. The van der Waals surface area contributed by atoms with E-state index < -0.39 is 0 Å². The van der Waals surface area contributed by atoms with Crippen LogP contribution in [0.25, 0.3) is 0 Å². The number of benzene rings is 1. The van der Waals surface area contributed by atoms with E-state index in [0.717, 1.165) is 57.2 Å². The Kier molecular flexibility index (Phi) is 6.09. The van der Waals surface area contributed by atoms with Crippen LogP contribution in [0.2, 0.25) is 0 Å². The van der Waals surface area contributed by atoms with Gasteiger partial charge < -0.3 is 5.32 Å². The summed E-state index contributed by atoms with van der Waals surface area (Å²) in [5, 5.41) is 3.24. The van der Waals surface area contributed by atoms with Crippen molar-refractivity contribution in [2.45, 2.75) is 64.8 Å². The second-order valence-electron chi connectivity index (χ2n) is 5.96. The van der Waals surface area contributed by atoms with Gasteiger partial charge in [0.1, 0.15) is 0 Å². The van der Waals surface area contributed by atoms with Crippen molar-refractivity contribution in [2.75, 3.05) is 11.4 Å². The molecule has 2 rings (SSSR count). The molecule has 0 saturated carbocycles. The van der Waals surface area contributed by atoms with Crippen LogP contribution in [0, 0.1) is 0 Å². The predicted octanol–water partition coefficient (Wildman–Crippen LogP) is 4.51. The maximum atomic E-state index is 12.7. The predicted molar refractivity (Wildman–Crippen MR) is 88.9 cm³/mol. The van der Waals surface area contributed by atoms with E-state index >= 15 is 0 Å². The number of carbonyl (C=O) groups excluding carboxylic acids is 1. The molecule has 0 unspecified atom stereocenters. The van der Waals surface area contributed by atoms with Crippen LogP contribution in [0.5, 0.6) is 0 Å². The third kappa shape index (κ3) is 4.23. The molecule has 21 heavy (non-hydrogen) atoms. The van der Waals surface area contributed by atoms with Gasteiger partial charge >= 0.3 is 6.03 Å². The fourth-order valence-corrected chi connectivity index (χ4v) is 3.14. The number of amides is 2. The van der Waals surface area contributed by atoms with Crippen LogP contribution in [-0.2, 0) is 6.42 Å². The van der Waals surface area contributed by atoms with Crippen LogP contribution in [-0.4, -0.2) is 18.6 Å². The molecule has 2 amide bonds. The second kappa shape index (κ2) is 8.06. The zero-order valence-electron chi connectivity index (χ0n) is 13.4. The third-order valence-corrected chi connectivity index (χ3v) is 4.21. The quantitative estimate of drug-likeness (QED) is 0.849. The molecule has 1 heterocycles. The number of urea groups is 1. The van der Waals surface area contributed by atoms with Crippen LogP contribution in [0.15, 0.2) is 24.3 Å². The maximum Gasteiger partial charge on any atom is 0.322 e. The fraction of sp³-hybridized carbons (Fsp3) is 0.611. The first kappa shape index (κ1) is 15.9. The van der Waals surface area contributed by atoms with E-state index in [1.54, 1.807) is 0 Å². The average Bonchev–Trinajstić information content (AvgIpc) is 2.70. The van der Waals surface area contributed by atoms with Crippen molar-refractivity contribution in [3.05, 3.63) is 29.8 Å². The fourth-order valence-electron chi connectivity index (χ4n) is 3.14. The Bertz CT molecular complexity index is 452. The number of hydrogen-bond donors (Lipinski definition) is 1. The van der Waals surface area contributed by atoms with E-state index in [-0.39, 0.29) is 6.03 Å². The highest BCUT2D eigenvalue weighted by atomic mass is 16.2. The molecule has 0 fully saturated rings. The summed E-state index contributed by atoms with van der Waals surface area (Å²) in [4.78, 5) is 14.6. The highest BCUT2D eigenvalue weighted by Crippen LogP contribution is 2.26. The summed E-state index contributed by atoms with van der Waals surface area (Å²) in [6.07, 6.45) is 7.67. The minimum absolute atomic E-state index is 0.0799. The zero-order chi connectivity index (χ0) is 15.1. The molecule has 116 valence electrons. The summed E-state index contributed by atoms with van der Waals surface area (Å²) >= 11 is 0. The van der Waals surface area contributed by atoms with Gasteiger partial charge in [0.05, 0.1) is 0 Å².